The third-order valence-electron chi connectivity index (χ3n) is 4.23. The first-order valence-electron chi connectivity index (χ1n) is 8.31. The summed E-state index contributed by atoms with van der Waals surface area (Å²) in [6.45, 7) is 2.77. The smallest absolute Gasteiger partial charge is 0.254 e. The Kier molecular flexibility index (Phi) is 6.11. The number of ether oxygens (including phenoxy) is 2. The van der Waals surface area contributed by atoms with Crippen LogP contribution in [0, 0.1) is 5.82 Å². The van der Waals surface area contributed by atoms with Gasteiger partial charge in [0.25, 0.3) is 5.91 Å². The molecule has 2 aromatic carbocycles. The number of hydrogen-bond donors (Lipinski definition) is 1. The van der Waals surface area contributed by atoms with Crippen LogP contribution in [0.15, 0.2) is 40.9 Å². The Labute approximate surface area is 160 Å². The van der Waals surface area contributed by atoms with E-state index in [1.807, 2.05) is 0 Å². The number of amides is 1. The van der Waals surface area contributed by atoms with Crippen LogP contribution in [0.25, 0.3) is 0 Å². The molecule has 0 spiro atoms. The molecule has 0 aliphatic carbocycles. The first kappa shape index (κ1) is 18.7. The van der Waals surface area contributed by atoms with E-state index in [4.69, 9.17) is 9.47 Å². The van der Waals surface area contributed by atoms with Gasteiger partial charge < -0.3 is 19.7 Å². The monoisotopic (exact) mass is 422 g/mol. The first-order valence-corrected chi connectivity index (χ1v) is 9.10. The summed E-state index contributed by atoms with van der Waals surface area (Å²) in [5.41, 5.74) is 2.20. The molecule has 3 rings (SSSR count). The zero-order chi connectivity index (χ0) is 18.5. The maximum Gasteiger partial charge on any atom is 0.254 e. The van der Waals surface area contributed by atoms with Crippen molar-refractivity contribution in [2.45, 2.75) is 6.54 Å². The number of nitrogens with zero attached hydrogens (tertiary/aromatic N) is 1. The Bertz CT molecular complexity index is 794. The first-order chi connectivity index (χ1) is 12.6. The van der Waals surface area contributed by atoms with E-state index < -0.39 is 0 Å². The Morgan fingerprint density at radius 3 is 2.73 bits per heavy atom. The summed E-state index contributed by atoms with van der Waals surface area (Å²) in [6, 6.07) is 9.87. The van der Waals surface area contributed by atoms with E-state index in [0.29, 0.717) is 54.3 Å². The van der Waals surface area contributed by atoms with Crippen molar-refractivity contribution in [2.24, 2.45) is 0 Å². The van der Waals surface area contributed by atoms with Gasteiger partial charge in [-0.3, -0.25) is 4.79 Å². The zero-order valence-corrected chi connectivity index (χ0v) is 16.0. The van der Waals surface area contributed by atoms with Crippen molar-refractivity contribution in [1.29, 1.82) is 0 Å². The predicted octanol–water partition coefficient (Wildman–Crippen LogP) is 3.68. The highest BCUT2D eigenvalue weighted by Gasteiger charge is 2.19. The average Bonchev–Trinajstić information content (AvgIpc) is 2.67. The number of carbonyl (C=O) groups is 1. The van der Waals surface area contributed by atoms with Crippen LogP contribution >= 0.6 is 15.9 Å². The van der Waals surface area contributed by atoms with Crippen molar-refractivity contribution < 1.29 is 18.7 Å². The molecule has 0 saturated carbocycles. The molecule has 1 fully saturated rings. The molecule has 0 bridgehead atoms. The number of nitrogens with one attached hydrogen (secondary N) is 1. The summed E-state index contributed by atoms with van der Waals surface area (Å²) in [7, 11) is 1.58. The van der Waals surface area contributed by atoms with Gasteiger partial charge in [-0.1, -0.05) is 22.0 Å². The van der Waals surface area contributed by atoms with Crippen molar-refractivity contribution in [1.82, 2.24) is 4.90 Å². The van der Waals surface area contributed by atoms with Crippen molar-refractivity contribution in [3.05, 3.63) is 57.8 Å². The molecular weight excluding hydrogens is 403 g/mol. The van der Waals surface area contributed by atoms with Gasteiger partial charge in [0.2, 0.25) is 0 Å². The topological polar surface area (TPSA) is 50.8 Å². The van der Waals surface area contributed by atoms with Crippen LogP contribution in [0.5, 0.6) is 5.75 Å². The quantitative estimate of drug-likeness (QED) is 0.798. The number of carbonyl (C=O) groups excluding carboxylic acids is 1. The second kappa shape index (κ2) is 8.51. The summed E-state index contributed by atoms with van der Waals surface area (Å²) < 4.78 is 24.6. The number of benzene rings is 2. The minimum Gasteiger partial charge on any atom is -0.495 e. The Hall–Kier alpha value is -2.12. The Morgan fingerprint density at radius 2 is 2.04 bits per heavy atom. The third kappa shape index (κ3) is 4.34. The lowest BCUT2D eigenvalue weighted by Crippen LogP contribution is -2.40. The van der Waals surface area contributed by atoms with Crippen LogP contribution in [0.4, 0.5) is 10.1 Å². The molecule has 1 amide bonds. The molecule has 1 aliphatic rings. The zero-order valence-electron chi connectivity index (χ0n) is 14.4. The molecule has 1 heterocycles. The molecule has 1 aliphatic heterocycles. The minimum absolute atomic E-state index is 0.0260. The van der Waals surface area contributed by atoms with Crippen molar-refractivity contribution in [3.8, 4) is 5.75 Å². The van der Waals surface area contributed by atoms with Crippen molar-refractivity contribution >= 4 is 27.5 Å². The molecule has 0 atom stereocenters. The highest BCUT2D eigenvalue weighted by Crippen LogP contribution is 2.28. The van der Waals surface area contributed by atoms with Crippen LogP contribution in [0.1, 0.15) is 15.9 Å². The molecule has 7 heteroatoms. The molecule has 5 nitrogen and oxygen atoms in total. The van der Waals surface area contributed by atoms with E-state index in [0.717, 1.165) is 5.56 Å². The van der Waals surface area contributed by atoms with Gasteiger partial charge in [0.15, 0.2) is 0 Å². The van der Waals surface area contributed by atoms with Gasteiger partial charge in [0.1, 0.15) is 11.6 Å². The number of methoxy groups -OCH3 is 1. The number of hydrogen-bond acceptors (Lipinski definition) is 4. The number of anilines is 1. The molecule has 2 aromatic rings. The molecule has 0 aromatic heterocycles. The number of morpholine rings is 1. The average molecular weight is 423 g/mol. The summed E-state index contributed by atoms with van der Waals surface area (Å²) in [5, 5.41) is 3.27. The van der Waals surface area contributed by atoms with Gasteiger partial charge in [0, 0.05) is 29.7 Å². The number of rotatable bonds is 5. The normalized spacial score (nSPS) is 14.2. The van der Waals surface area contributed by atoms with Gasteiger partial charge in [-0.15, -0.1) is 0 Å². The van der Waals surface area contributed by atoms with Gasteiger partial charge in [0.05, 0.1) is 26.0 Å². The molecule has 1 N–H and O–H groups in total. The molecule has 26 heavy (non-hydrogen) atoms. The lowest BCUT2D eigenvalue weighted by Gasteiger charge is -2.27. The van der Waals surface area contributed by atoms with E-state index in [1.54, 1.807) is 36.3 Å². The summed E-state index contributed by atoms with van der Waals surface area (Å²) >= 11 is 3.36. The molecular formula is C19H20BrFN2O3. The fourth-order valence-corrected chi connectivity index (χ4v) is 3.27. The van der Waals surface area contributed by atoms with Crippen molar-refractivity contribution in [3.63, 3.8) is 0 Å². The van der Waals surface area contributed by atoms with Gasteiger partial charge in [-0.25, -0.2) is 4.39 Å². The van der Waals surface area contributed by atoms with E-state index in [1.165, 1.54) is 12.1 Å². The van der Waals surface area contributed by atoms with Crippen molar-refractivity contribution in [2.75, 3.05) is 38.7 Å². The molecule has 138 valence electrons. The fourth-order valence-electron chi connectivity index (χ4n) is 2.78. The van der Waals surface area contributed by atoms with E-state index in [9.17, 15) is 9.18 Å². The lowest BCUT2D eigenvalue weighted by atomic mass is 10.1. The van der Waals surface area contributed by atoms with Gasteiger partial charge in [-0.05, 0) is 35.9 Å². The van der Waals surface area contributed by atoms with Gasteiger partial charge in [-0.2, -0.15) is 0 Å². The largest absolute Gasteiger partial charge is 0.495 e. The highest BCUT2D eigenvalue weighted by molar-refractivity contribution is 9.10. The second-order valence-corrected chi connectivity index (χ2v) is 6.76. The van der Waals surface area contributed by atoms with E-state index >= 15 is 0 Å². The Morgan fingerprint density at radius 1 is 1.27 bits per heavy atom. The highest BCUT2D eigenvalue weighted by atomic mass is 79.9. The summed E-state index contributed by atoms with van der Waals surface area (Å²) in [6.07, 6.45) is 0. The fraction of sp³-hybridized carbons (Fsp3) is 0.316. The molecule has 0 unspecified atom stereocenters. The summed E-state index contributed by atoms with van der Waals surface area (Å²) in [4.78, 5) is 14.5. The van der Waals surface area contributed by atoms with Crippen LogP contribution in [-0.2, 0) is 11.3 Å². The standard InChI is InChI=1S/C19H20BrFN2O3/c1-25-18-5-3-13(19(24)23-6-8-26-9-7-23)10-17(18)22-12-14-2-4-15(21)11-16(14)20/h2-5,10-11,22H,6-9,12H2,1H3. The lowest BCUT2D eigenvalue weighted by molar-refractivity contribution is 0.0303. The second-order valence-electron chi connectivity index (χ2n) is 5.91. The van der Waals surface area contributed by atoms with E-state index in [2.05, 4.69) is 21.2 Å². The van der Waals surface area contributed by atoms with Crippen LogP contribution in [0.3, 0.4) is 0 Å². The summed E-state index contributed by atoms with van der Waals surface area (Å²) in [5.74, 6) is 0.319. The minimum atomic E-state index is -0.295. The maximum absolute atomic E-state index is 13.2. The Balaban J connectivity index is 1.77. The third-order valence-corrected chi connectivity index (χ3v) is 4.97. The van der Waals surface area contributed by atoms with Crippen LogP contribution < -0.4 is 10.1 Å². The maximum atomic E-state index is 13.2. The van der Waals surface area contributed by atoms with Crippen LogP contribution in [0.2, 0.25) is 0 Å². The predicted molar refractivity (Wildman–Crippen MR) is 101 cm³/mol. The van der Waals surface area contributed by atoms with Gasteiger partial charge >= 0.3 is 0 Å². The van der Waals surface area contributed by atoms with Crippen LogP contribution in [-0.4, -0.2) is 44.2 Å². The SMILES string of the molecule is COc1ccc(C(=O)N2CCOCC2)cc1NCc1ccc(F)cc1Br. The molecule has 0 radical (unpaired) electrons. The number of halogens is 2. The molecule has 1 saturated heterocycles. The van der Waals surface area contributed by atoms with E-state index in [-0.39, 0.29) is 11.7 Å².